The minimum Gasteiger partial charge on any atom is -0.508 e. The summed E-state index contributed by atoms with van der Waals surface area (Å²) in [4.78, 5) is 14.6. The number of phenols is 1. The third kappa shape index (κ3) is 4.78. The van der Waals surface area contributed by atoms with E-state index in [1.54, 1.807) is 18.3 Å². The van der Waals surface area contributed by atoms with Crippen molar-refractivity contribution < 1.29 is 14.6 Å². The second kappa shape index (κ2) is 9.41. The van der Waals surface area contributed by atoms with Gasteiger partial charge in [0.05, 0.1) is 19.4 Å². The number of amides is 1. The Bertz CT molecular complexity index is 973. The Balaban J connectivity index is 1.55. The number of carbonyl (C=O) groups excluding carboxylic acids is 1. The smallest absolute Gasteiger partial charge is 0.271 e. The van der Waals surface area contributed by atoms with E-state index in [2.05, 4.69) is 33.6 Å². The van der Waals surface area contributed by atoms with Crippen molar-refractivity contribution in [1.82, 2.24) is 10.3 Å². The van der Waals surface area contributed by atoms with E-state index in [0.717, 1.165) is 31.5 Å². The predicted octanol–water partition coefficient (Wildman–Crippen LogP) is 3.57. The number of ether oxygens (including phenoxy) is 1. The number of rotatable bonds is 5. The molecular weight excluding hydrogens is 378 g/mol. The first-order chi connectivity index (χ1) is 14.7. The minimum atomic E-state index is -0.308. The first-order valence-corrected chi connectivity index (χ1v) is 10.1. The molecule has 1 aliphatic heterocycles. The third-order valence-electron chi connectivity index (χ3n) is 5.26. The van der Waals surface area contributed by atoms with Crippen molar-refractivity contribution in [2.45, 2.75) is 12.8 Å². The summed E-state index contributed by atoms with van der Waals surface area (Å²) >= 11 is 0. The Morgan fingerprint density at radius 1 is 1.03 bits per heavy atom. The zero-order chi connectivity index (χ0) is 20.8. The molecule has 1 fully saturated rings. The highest BCUT2D eigenvalue weighted by molar-refractivity contribution is 5.95. The zero-order valence-electron chi connectivity index (χ0n) is 16.8. The van der Waals surface area contributed by atoms with Crippen LogP contribution < -0.4 is 5.43 Å². The van der Waals surface area contributed by atoms with Gasteiger partial charge in [-0.15, -0.1) is 0 Å². The molecule has 154 valence electrons. The van der Waals surface area contributed by atoms with Crippen molar-refractivity contribution in [3.8, 4) is 5.75 Å². The molecule has 0 saturated carbocycles. The van der Waals surface area contributed by atoms with Crippen LogP contribution in [0.5, 0.6) is 5.75 Å². The van der Waals surface area contributed by atoms with Gasteiger partial charge in [0.2, 0.25) is 0 Å². The summed E-state index contributed by atoms with van der Waals surface area (Å²) in [6.45, 7) is 3.12. The molecule has 1 amide bonds. The van der Waals surface area contributed by atoms with Crippen LogP contribution >= 0.6 is 0 Å². The lowest BCUT2D eigenvalue weighted by molar-refractivity contribution is 0.0548. The highest BCUT2D eigenvalue weighted by Gasteiger charge is 2.25. The Morgan fingerprint density at radius 2 is 1.77 bits per heavy atom. The standard InChI is InChI=1S/C24H25N3O3/c28-22-10-8-19(9-11-22)24(29)26-25-17-21-7-6-20(16-18-4-2-1-3-5-18)23(21)27-12-14-30-15-13-27/h1-5,8-11,16-17,28H,6-7,12-15H2,(H,26,29)/b20-16?,25-17-. The summed E-state index contributed by atoms with van der Waals surface area (Å²) in [5, 5.41) is 13.6. The Kier molecular flexibility index (Phi) is 6.25. The predicted molar refractivity (Wildman–Crippen MR) is 117 cm³/mol. The average molecular weight is 403 g/mol. The summed E-state index contributed by atoms with van der Waals surface area (Å²) < 4.78 is 5.53. The summed E-state index contributed by atoms with van der Waals surface area (Å²) in [5.41, 5.74) is 7.81. The van der Waals surface area contributed by atoms with Gasteiger partial charge in [0.1, 0.15) is 5.75 Å². The van der Waals surface area contributed by atoms with Crippen LogP contribution in [-0.4, -0.2) is 48.4 Å². The molecule has 0 atom stereocenters. The molecule has 2 aliphatic rings. The van der Waals surface area contributed by atoms with Crippen LogP contribution in [0.2, 0.25) is 0 Å². The van der Waals surface area contributed by atoms with Crippen molar-refractivity contribution in [3.63, 3.8) is 0 Å². The van der Waals surface area contributed by atoms with Crippen LogP contribution in [0.15, 0.2) is 76.5 Å². The van der Waals surface area contributed by atoms with Crippen LogP contribution in [0, 0.1) is 0 Å². The van der Waals surface area contributed by atoms with Gasteiger partial charge in [-0.05, 0) is 59.9 Å². The highest BCUT2D eigenvalue weighted by atomic mass is 16.5. The lowest BCUT2D eigenvalue weighted by Crippen LogP contribution is -2.36. The first-order valence-electron chi connectivity index (χ1n) is 10.1. The molecule has 6 nitrogen and oxygen atoms in total. The molecule has 2 aromatic rings. The summed E-state index contributed by atoms with van der Waals surface area (Å²) in [6.07, 6.45) is 5.81. The molecule has 0 unspecified atom stereocenters. The maximum absolute atomic E-state index is 12.3. The number of nitrogens with zero attached hydrogens (tertiary/aromatic N) is 2. The molecule has 0 radical (unpaired) electrons. The fourth-order valence-electron chi connectivity index (χ4n) is 3.77. The van der Waals surface area contributed by atoms with Gasteiger partial charge in [-0.2, -0.15) is 5.10 Å². The number of aromatic hydroxyl groups is 1. The number of hydrogen-bond acceptors (Lipinski definition) is 5. The van der Waals surface area contributed by atoms with E-state index in [1.165, 1.54) is 29.0 Å². The molecule has 0 aromatic heterocycles. The Morgan fingerprint density at radius 3 is 2.50 bits per heavy atom. The number of morpholine rings is 1. The van der Waals surface area contributed by atoms with Crippen molar-refractivity contribution >= 4 is 18.2 Å². The van der Waals surface area contributed by atoms with Crippen LogP contribution in [0.4, 0.5) is 0 Å². The first kappa shape index (κ1) is 19.9. The lowest BCUT2D eigenvalue weighted by atomic mass is 10.1. The molecule has 2 aromatic carbocycles. The van der Waals surface area contributed by atoms with Gasteiger partial charge in [-0.3, -0.25) is 4.79 Å². The summed E-state index contributed by atoms with van der Waals surface area (Å²) in [7, 11) is 0. The van der Waals surface area contributed by atoms with Crippen molar-refractivity contribution in [2.24, 2.45) is 5.10 Å². The number of hydrazone groups is 1. The average Bonchev–Trinajstić information content (AvgIpc) is 3.17. The number of hydrogen-bond donors (Lipinski definition) is 2. The maximum Gasteiger partial charge on any atom is 0.271 e. The van der Waals surface area contributed by atoms with E-state index in [0.29, 0.717) is 18.8 Å². The van der Waals surface area contributed by atoms with E-state index in [4.69, 9.17) is 4.74 Å². The zero-order valence-corrected chi connectivity index (χ0v) is 16.8. The van der Waals surface area contributed by atoms with Crippen molar-refractivity contribution in [1.29, 1.82) is 0 Å². The molecule has 0 bridgehead atoms. The third-order valence-corrected chi connectivity index (χ3v) is 5.26. The second-order valence-corrected chi connectivity index (χ2v) is 7.30. The molecule has 6 heteroatoms. The van der Waals surface area contributed by atoms with Crippen LogP contribution in [0.3, 0.4) is 0 Å². The second-order valence-electron chi connectivity index (χ2n) is 7.30. The van der Waals surface area contributed by atoms with Gasteiger partial charge in [0.25, 0.3) is 5.91 Å². The highest BCUT2D eigenvalue weighted by Crippen LogP contribution is 2.34. The Hall–Kier alpha value is -3.38. The monoisotopic (exact) mass is 403 g/mol. The molecule has 1 aliphatic carbocycles. The fourth-order valence-corrected chi connectivity index (χ4v) is 3.77. The van der Waals surface area contributed by atoms with Gasteiger partial charge in [-0.1, -0.05) is 30.3 Å². The molecule has 4 rings (SSSR count). The molecule has 1 heterocycles. The number of carbonyl (C=O) groups is 1. The van der Waals surface area contributed by atoms with Gasteiger partial charge in [-0.25, -0.2) is 5.43 Å². The molecular formula is C24H25N3O3. The van der Waals surface area contributed by atoms with Crippen molar-refractivity contribution in [3.05, 3.63) is 82.6 Å². The number of benzene rings is 2. The molecule has 30 heavy (non-hydrogen) atoms. The summed E-state index contributed by atoms with van der Waals surface area (Å²) in [6, 6.07) is 16.4. The largest absolute Gasteiger partial charge is 0.508 e. The maximum atomic E-state index is 12.3. The van der Waals surface area contributed by atoms with Gasteiger partial charge < -0.3 is 14.7 Å². The van der Waals surface area contributed by atoms with E-state index < -0.39 is 0 Å². The van der Waals surface area contributed by atoms with Gasteiger partial charge in [0, 0.05) is 24.4 Å². The van der Waals surface area contributed by atoms with Crippen molar-refractivity contribution in [2.75, 3.05) is 26.3 Å². The Labute approximate surface area is 176 Å². The summed E-state index contributed by atoms with van der Waals surface area (Å²) in [5.74, 6) is -0.183. The van der Waals surface area contributed by atoms with Gasteiger partial charge >= 0.3 is 0 Å². The number of phenolic OH excluding ortho intramolecular Hbond substituents is 1. The van der Waals surface area contributed by atoms with Crippen LogP contribution in [-0.2, 0) is 4.74 Å². The van der Waals surface area contributed by atoms with Gasteiger partial charge in [0.15, 0.2) is 0 Å². The fraction of sp³-hybridized carbons (Fsp3) is 0.250. The van der Waals surface area contributed by atoms with Crippen LogP contribution in [0.1, 0.15) is 28.8 Å². The van der Waals surface area contributed by atoms with E-state index in [9.17, 15) is 9.90 Å². The van der Waals surface area contributed by atoms with E-state index in [-0.39, 0.29) is 11.7 Å². The van der Waals surface area contributed by atoms with Crippen LogP contribution in [0.25, 0.3) is 6.08 Å². The molecule has 0 spiro atoms. The van der Waals surface area contributed by atoms with E-state index >= 15 is 0 Å². The lowest BCUT2D eigenvalue weighted by Gasteiger charge is -2.31. The topological polar surface area (TPSA) is 74.2 Å². The number of allylic oxidation sites excluding steroid dienone is 2. The normalized spacial score (nSPS) is 18.4. The SMILES string of the molecule is O=C(N/N=C\C1=C(N2CCOCC2)C(=Cc2ccccc2)CC1)c1ccc(O)cc1. The molecule has 1 saturated heterocycles. The van der Waals surface area contributed by atoms with E-state index in [1.807, 2.05) is 18.2 Å². The minimum absolute atomic E-state index is 0.124. The quantitative estimate of drug-likeness (QED) is 0.591. The number of nitrogens with one attached hydrogen (secondary N) is 1. The molecule has 2 N–H and O–H groups in total.